The second-order valence-electron chi connectivity index (χ2n) is 1.87. The van der Waals surface area contributed by atoms with Crippen molar-refractivity contribution >= 4 is 0 Å². The third kappa shape index (κ3) is 1.99. The highest BCUT2D eigenvalue weighted by Crippen LogP contribution is 2.09. The third-order valence-electron chi connectivity index (χ3n) is 1.29. The van der Waals surface area contributed by atoms with E-state index in [1.807, 2.05) is 0 Å². The lowest BCUT2D eigenvalue weighted by atomic mass is 10.2. The molecule has 1 unspecified atom stereocenters. The fraction of sp³-hybridized carbons (Fsp3) is 1.00. The van der Waals surface area contributed by atoms with Crippen molar-refractivity contribution in [2.45, 2.75) is 18.9 Å². The zero-order valence-corrected chi connectivity index (χ0v) is 5.53. The SMILES string of the molecule is NCC1CCCO1.[Cl-]. The summed E-state index contributed by atoms with van der Waals surface area (Å²) in [5.74, 6) is 0. The Balaban J connectivity index is 0.000000490. The van der Waals surface area contributed by atoms with Crippen molar-refractivity contribution < 1.29 is 17.1 Å². The molecule has 0 radical (unpaired) electrons. The van der Waals surface area contributed by atoms with Gasteiger partial charge in [0, 0.05) is 13.2 Å². The van der Waals surface area contributed by atoms with Crippen LogP contribution in [-0.4, -0.2) is 19.3 Å². The minimum Gasteiger partial charge on any atom is -1.00 e. The Morgan fingerprint density at radius 3 is 2.62 bits per heavy atom. The highest BCUT2D eigenvalue weighted by molar-refractivity contribution is 4.63. The van der Waals surface area contributed by atoms with Gasteiger partial charge in [-0.15, -0.1) is 0 Å². The van der Waals surface area contributed by atoms with Gasteiger partial charge in [0.1, 0.15) is 0 Å². The second-order valence-corrected chi connectivity index (χ2v) is 1.87. The topological polar surface area (TPSA) is 35.2 Å². The molecule has 8 heavy (non-hydrogen) atoms. The van der Waals surface area contributed by atoms with Crippen LogP contribution in [0.5, 0.6) is 0 Å². The van der Waals surface area contributed by atoms with Crippen LogP contribution >= 0.6 is 0 Å². The molecule has 1 saturated heterocycles. The van der Waals surface area contributed by atoms with Gasteiger partial charge in [-0.05, 0) is 12.8 Å². The number of hydrogen-bond donors (Lipinski definition) is 1. The van der Waals surface area contributed by atoms with E-state index in [0.717, 1.165) is 13.0 Å². The molecule has 1 fully saturated rings. The summed E-state index contributed by atoms with van der Waals surface area (Å²) in [7, 11) is 0. The quantitative estimate of drug-likeness (QED) is 0.421. The van der Waals surface area contributed by atoms with Crippen LogP contribution in [0.15, 0.2) is 0 Å². The number of ether oxygens (including phenoxy) is 1. The molecule has 50 valence electrons. The number of halogens is 1. The van der Waals surface area contributed by atoms with E-state index < -0.39 is 0 Å². The van der Waals surface area contributed by atoms with E-state index in [2.05, 4.69) is 0 Å². The van der Waals surface area contributed by atoms with Crippen LogP contribution < -0.4 is 18.1 Å². The van der Waals surface area contributed by atoms with E-state index in [-0.39, 0.29) is 12.4 Å². The fourth-order valence-corrected chi connectivity index (χ4v) is 0.830. The minimum absolute atomic E-state index is 0. The van der Waals surface area contributed by atoms with Gasteiger partial charge in [0.2, 0.25) is 0 Å². The molecule has 0 aromatic carbocycles. The molecule has 0 bridgehead atoms. The van der Waals surface area contributed by atoms with Gasteiger partial charge >= 0.3 is 0 Å². The molecule has 1 atom stereocenters. The van der Waals surface area contributed by atoms with Gasteiger partial charge in [0.15, 0.2) is 0 Å². The van der Waals surface area contributed by atoms with Crippen LogP contribution in [0.1, 0.15) is 12.8 Å². The van der Waals surface area contributed by atoms with Crippen LogP contribution in [0.4, 0.5) is 0 Å². The van der Waals surface area contributed by atoms with Crippen LogP contribution in [0.3, 0.4) is 0 Å². The lowest BCUT2D eigenvalue weighted by Crippen LogP contribution is -3.00. The van der Waals surface area contributed by atoms with Crippen molar-refractivity contribution in [3.8, 4) is 0 Å². The maximum absolute atomic E-state index is 5.31. The highest BCUT2D eigenvalue weighted by Gasteiger charge is 2.11. The minimum atomic E-state index is 0. The Hall–Kier alpha value is 0.210. The van der Waals surface area contributed by atoms with Gasteiger partial charge in [0.05, 0.1) is 6.10 Å². The third-order valence-corrected chi connectivity index (χ3v) is 1.29. The van der Waals surface area contributed by atoms with E-state index in [0.29, 0.717) is 12.6 Å². The van der Waals surface area contributed by atoms with Gasteiger partial charge < -0.3 is 22.9 Å². The summed E-state index contributed by atoms with van der Waals surface area (Å²) >= 11 is 0. The highest BCUT2D eigenvalue weighted by atomic mass is 35.5. The summed E-state index contributed by atoms with van der Waals surface area (Å²) in [4.78, 5) is 0. The van der Waals surface area contributed by atoms with Gasteiger partial charge in [0.25, 0.3) is 0 Å². The Kier molecular flexibility index (Phi) is 4.23. The summed E-state index contributed by atoms with van der Waals surface area (Å²) in [5.41, 5.74) is 5.31. The molecule has 1 aliphatic heterocycles. The molecule has 1 rings (SSSR count). The van der Waals surface area contributed by atoms with Crippen molar-refractivity contribution in [3.05, 3.63) is 0 Å². The molecule has 2 nitrogen and oxygen atoms in total. The van der Waals surface area contributed by atoms with Crippen molar-refractivity contribution in [3.63, 3.8) is 0 Å². The molecule has 0 aromatic heterocycles. The molecular weight excluding hydrogens is 126 g/mol. The first-order chi connectivity index (χ1) is 3.43. The molecule has 2 N–H and O–H groups in total. The van der Waals surface area contributed by atoms with Gasteiger partial charge in [-0.3, -0.25) is 0 Å². The summed E-state index contributed by atoms with van der Waals surface area (Å²) in [6.45, 7) is 1.61. The molecule has 0 spiro atoms. The average molecular weight is 137 g/mol. The van der Waals surface area contributed by atoms with Crippen molar-refractivity contribution in [2.24, 2.45) is 5.73 Å². The standard InChI is InChI=1S/C5H11NO.ClH/c6-4-5-2-1-3-7-5;/h5H,1-4,6H2;1H/p-1. The molecule has 0 saturated carbocycles. The number of rotatable bonds is 1. The summed E-state index contributed by atoms with van der Waals surface area (Å²) < 4.78 is 5.18. The smallest absolute Gasteiger partial charge is 0.0698 e. The Morgan fingerprint density at radius 2 is 2.38 bits per heavy atom. The first-order valence-corrected chi connectivity index (χ1v) is 2.75. The zero-order chi connectivity index (χ0) is 5.11. The van der Waals surface area contributed by atoms with E-state index >= 15 is 0 Å². The summed E-state index contributed by atoms with van der Waals surface area (Å²) in [6, 6.07) is 0. The van der Waals surface area contributed by atoms with Gasteiger partial charge in [-0.1, -0.05) is 0 Å². The van der Waals surface area contributed by atoms with Crippen LogP contribution in [0, 0.1) is 0 Å². The van der Waals surface area contributed by atoms with Crippen molar-refractivity contribution in [1.29, 1.82) is 0 Å². The van der Waals surface area contributed by atoms with Crippen LogP contribution in [0.2, 0.25) is 0 Å². The maximum Gasteiger partial charge on any atom is 0.0698 e. The molecule has 0 aliphatic carbocycles. The molecule has 0 amide bonds. The normalized spacial score (nSPS) is 27.4. The molecule has 3 heteroatoms. The van der Waals surface area contributed by atoms with Crippen LogP contribution in [-0.2, 0) is 4.74 Å². The van der Waals surface area contributed by atoms with E-state index in [4.69, 9.17) is 10.5 Å². The number of hydrogen-bond acceptors (Lipinski definition) is 2. The fourth-order valence-electron chi connectivity index (χ4n) is 0.830. The number of nitrogens with two attached hydrogens (primary N) is 1. The molecular formula is C5H11ClNO-. The van der Waals surface area contributed by atoms with Crippen molar-refractivity contribution in [2.75, 3.05) is 13.2 Å². The zero-order valence-electron chi connectivity index (χ0n) is 4.77. The largest absolute Gasteiger partial charge is 1.00 e. The first kappa shape index (κ1) is 8.21. The summed E-state index contributed by atoms with van der Waals surface area (Å²) in [6.07, 6.45) is 2.73. The van der Waals surface area contributed by atoms with Crippen molar-refractivity contribution in [1.82, 2.24) is 0 Å². The monoisotopic (exact) mass is 136 g/mol. The average Bonchev–Trinajstić information content (AvgIpc) is 2.14. The Bertz CT molecular complexity index is 54.4. The van der Waals surface area contributed by atoms with Crippen LogP contribution in [0.25, 0.3) is 0 Å². The summed E-state index contributed by atoms with van der Waals surface area (Å²) in [5, 5.41) is 0. The maximum atomic E-state index is 5.31. The molecule has 1 heterocycles. The lowest BCUT2D eigenvalue weighted by Gasteiger charge is -2.01. The predicted octanol–water partition coefficient (Wildman–Crippen LogP) is -2.87. The first-order valence-electron chi connectivity index (χ1n) is 2.75. The second kappa shape index (κ2) is 4.13. The lowest BCUT2D eigenvalue weighted by molar-refractivity contribution is -0.00000271. The Labute approximate surface area is 55.8 Å². The Morgan fingerprint density at radius 1 is 1.62 bits per heavy atom. The van der Waals surface area contributed by atoms with Gasteiger partial charge in [-0.2, -0.15) is 0 Å². The van der Waals surface area contributed by atoms with E-state index in [9.17, 15) is 0 Å². The molecule has 1 aliphatic rings. The molecule has 0 aromatic rings. The van der Waals surface area contributed by atoms with E-state index in [1.165, 1.54) is 6.42 Å². The van der Waals surface area contributed by atoms with E-state index in [1.54, 1.807) is 0 Å². The van der Waals surface area contributed by atoms with Gasteiger partial charge in [-0.25, -0.2) is 0 Å². The predicted molar refractivity (Wildman–Crippen MR) is 28.0 cm³/mol.